The van der Waals surface area contributed by atoms with Crippen LogP contribution < -0.4 is 9.62 Å². The monoisotopic (exact) mass is 394 g/mol. The number of anilines is 1. The number of nitrogens with one attached hydrogen (secondary N) is 1. The van der Waals surface area contributed by atoms with Gasteiger partial charge in [0.15, 0.2) is 0 Å². The first-order chi connectivity index (χ1) is 12.1. The number of hydrogen-bond acceptors (Lipinski definition) is 3. The highest BCUT2D eigenvalue weighted by atomic mass is 35.5. The van der Waals surface area contributed by atoms with Crippen LogP contribution in [0.4, 0.5) is 5.69 Å². The SMILES string of the molecule is Cc1cccc(CNC(=O)[C@@H](C)N(c2cc(Cl)ccc2C)S(C)(=O)=O)c1. The van der Waals surface area contributed by atoms with Crippen LogP contribution in [0.15, 0.2) is 42.5 Å². The summed E-state index contributed by atoms with van der Waals surface area (Å²) in [4.78, 5) is 12.6. The van der Waals surface area contributed by atoms with Gasteiger partial charge in [0, 0.05) is 11.6 Å². The fraction of sp³-hybridized carbons (Fsp3) is 0.316. The molecule has 0 bridgehead atoms. The maximum absolute atomic E-state index is 12.6. The van der Waals surface area contributed by atoms with E-state index in [-0.39, 0.29) is 5.91 Å². The Hall–Kier alpha value is -2.05. The molecule has 0 radical (unpaired) electrons. The van der Waals surface area contributed by atoms with E-state index in [0.717, 1.165) is 27.3 Å². The minimum absolute atomic E-state index is 0.330. The van der Waals surface area contributed by atoms with Crippen LogP contribution in [0.25, 0.3) is 0 Å². The Morgan fingerprint density at radius 3 is 2.50 bits per heavy atom. The number of sulfonamides is 1. The van der Waals surface area contributed by atoms with Crippen molar-refractivity contribution in [1.82, 2.24) is 5.32 Å². The predicted octanol–water partition coefficient (Wildman–Crippen LogP) is 3.43. The zero-order chi connectivity index (χ0) is 19.5. The summed E-state index contributed by atoms with van der Waals surface area (Å²) in [6, 6.07) is 11.8. The summed E-state index contributed by atoms with van der Waals surface area (Å²) in [5.41, 5.74) is 3.17. The lowest BCUT2D eigenvalue weighted by Crippen LogP contribution is -2.48. The van der Waals surface area contributed by atoms with E-state index in [9.17, 15) is 13.2 Å². The van der Waals surface area contributed by atoms with Crippen molar-refractivity contribution in [2.75, 3.05) is 10.6 Å². The second kappa shape index (κ2) is 8.10. The highest BCUT2D eigenvalue weighted by Gasteiger charge is 2.30. The fourth-order valence-corrected chi connectivity index (χ4v) is 4.15. The third kappa shape index (κ3) is 4.99. The predicted molar refractivity (Wildman–Crippen MR) is 106 cm³/mol. The third-order valence-electron chi connectivity index (χ3n) is 4.05. The Bertz CT molecular complexity index is 913. The minimum atomic E-state index is -3.68. The second-order valence-electron chi connectivity index (χ2n) is 6.37. The van der Waals surface area contributed by atoms with E-state index in [4.69, 9.17) is 11.6 Å². The highest BCUT2D eigenvalue weighted by molar-refractivity contribution is 7.92. The quantitative estimate of drug-likeness (QED) is 0.816. The summed E-state index contributed by atoms with van der Waals surface area (Å²) in [6.07, 6.45) is 1.08. The molecule has 5 nitrogen and oxygen atoms in total. The molecular weight excluding hydrogens is 372 g/mol. The van der Waals surface area contributed by atoms with Crippen LogP contribution in [0.5, 0.6) is 0 Å². The van der Waals surface area contributed by atoms with Gasteiger partial charge in [0.05, 0.1) is 11.9 Å². The van der Waals surface area contributed by atoms with E-state index in [2.05, 4.69) is 5.32 Å². The first kappa shape index (κ1) is 20.3. The second-order valence-corrected chi connectivity index (χ2v) is 8.67. The molecule has 7 heteroatoms. The molecule has 0 fully saturated rings. The van der Waals surface area contributed by atoms with Gasteiger partial charge < -0.3 is 5.32 Å². The molecule has 0 aromatic heterocycles. The number of rotatable bonds is 6. The van der Waals surface area contributed by atoms with Crippen molar-refractivity contribution in [3.8, 4) is 0 Å². The van der Waals surface area contributed by atoms with Crippen molar-refractivity contribution in [2.24, 2.45) is 0 Å². The summed E-state index contributed by atoms with van der Waals surface area (Å²) in [7, 11) is -3.68. The van der Waals surface area contributed by atoms with E-state index in [0.29, 0.717) is 17.3 Å². The molecule has 140 valence electrons. The van der Waals surface area contributed by atoms with Gasteiger partial charge in [-0.15, -0.1) is 0 Å². The molecule has 0 unspecified atom stereocenters. The van der Waals surface area contributed by atoms with Gasteiger partial charge in [0.2, 0.25) is 15.9 Å². The Morgan fingerprint density at radius 1 is 1.19 bits per heavy atom. The van der Waals surface area contributed by atoms with Crippen LogP contribution in [0.2, 0.25) is 5.02 Å². The number of amides is 1. The first-order valence-electron chi connectivity index (χ1n) is 8.18. The van der Waals surface area contributed by atoms with Gasteiger partial charge in [-0.3, -0.25) is 9.10 Å². The normalized spacial score (nSPS) is 12.5. The lowest BCUT2D eigenvalue weighted by atomic mass is 10.1. The Morgan fingerprint density at radius 2 is 1.88 bits per heavy atom. The molecule has 0 spiro atoms. The molecular formula is C19H23ClN2O3S. The Balaban J connectivity index is 2.25. The average Bonchev–Trinajstić information content (AvgIpc) is 2.54. The standard InChI is InChI=1S/C19H23ClN2O3S/c1-13-6-5-7-16(10-13)12-21-19(23)15(3)22(26(4,24)25)18-11-17(20)9-8-14(18)2/h5-11,15H,12H2,1-4H3,(H,21,23)/t15-/m1/s1. The molecule has 2 aromatic rings. The van der Waals surface area contributed by atoms with E-state index in [1.54, 1.807) is 32.0 Å². The van der Waals surface area contributed by atoms with Gasteiger partial charge in [-0.25, -0.2) is 8.42 Å². The summed E-state index contributed by atoms with van der Waals surface area (Å²) in [5.74, 6) is -0.378. The molecule has 26 heavy (non-hydrogen) atoms. The number of aryl methyl sites for hydroxylation is 2. The molecule has 0 aliphatic rings. The van der Waals surface area contributed by atoms with Crippen molar-refractivity contribution in [3.63, 3.8) is 0 Å². The van der Waals surface area contributed by atoms with Crippen LogP contribution in [0.1, 0.15) is 23.6 Å². The molecule has 1 atom stereocenters. The van der Waals surface area contributed by atoms with Crippen LogP contribution in [-0.2, 0) is 21.4 Å². The maximum Gasteiger partial charge on any atom is 0.243 e. The number of nitrogens with zero attached hydrogens (tertiary/aromatic N) is 1. The largest absolute Gasteiger partial charge is 0.350 e. The zero-order valence-electron chi connectivity index (χ0n) is 15.3. The van der Waals surface area contributed by atoms with E-state index in [1.165, 1.54) is 0 Å². The van der Waals surface area contributed by atoms with Crippen molar-refractivity contribution in [3.05, 3.63) is 64.2 Å². The van der Waals surface area contributed by atoms with Crippen molar-refractivity contribution in [2.45, 2.75) is 33.4 Å². The highest BCUT2D eigenvalue weighted by Crippen LogP contribution is 2.28. The van der Waals surface area contributed by atoms with E-state index in [1.807, 2.05) is 31.2 Å². The van der Waals surface area contributed by atoms with Crippen LogP contribution >= 0.6 is 11.6 Å². The summed E-state index contributed by atoms with van der Waals surface area (Å²) in [6.45, 7) is 5.65. The number of carbonyl (C=O) groups is 1. The topological polar surface area (TPSA) is 66.5 Å². The van der Waals surface area contributed by atoms with Crippen LogP contribution in [0.3, 0.4) is 0 Å². The van der Waals surface area contributed by atoms with Gasteiger partial charge in [-0.2, -0.15) is 0 Å². The van der Waals surface area contributed by atoms with Gasteiger partial charge in [-0.05, 0) is 44.0 Å². The molecule has 0 saturated carbocycles. The number of benzene rings is 2. The van der Waals surface area contributed by atoms with E-state index >= 15 is 0 Å². The van der Waals surface area contributed by atoms with Crippen LogP contribution in [-0.4, -0.2) is 26.6 Å². The van der Waals surface area contributed by atoms with Gasteiger partial charge in [0.25, 0.3) is 0 Å². The lowest BCUT2D eigenvalue weighted by molar-refractivity contribution is -0.122. The fourth-order valence-electron chi connectivity index (χ4n) is 2.76. The first-order valence-corrected chi connectivity index (χ1v) is 10.4. The minimum Gasteiger partial charge on any atom is -0.350 e. The molecule has 0 saturated heterocycles. The van der Waals surface area contributed by atoms with Crippen molar-refractivity contribution < 1.29 is 13.2 Å². The summed E-state index contributed by atoms with van der Waals surface area (Å²) >= 11 is 6.03. The molecule has 1 amide bonds. The molecule has 2 rings (SSSR count). The number of carbonyl (C=O) groups excluding carboxylic acids is 1. The van der Waals surface area contributed by atoms with Crippen molar-refractivity contribution in [1.29, 1.82) is 0 Å². The maximum atomic E-state index is 12.6. The molecule has 2 aromatic carbocycles. The lowest BCUT2D eigenvalue weighted by Gasteiger charge is -2.29. The molecule has 1 N–H and O–H groups in total. The molecule has 0 aliphatic carbocycles. The number of hydrogen-bond donors (Lipinski definition) is 1. The smallest absolute Gasteiger partial charge is 0.243 e. The molecule has 0 heterocycles. The van der Waals surface area contributed by atoms with Crippen LogP contribution in [0, 0.1) is 13.8 Å². The van der Waals surface area contributed by atoms with Crippen molar-refractivity contribution >= 4 is 33.2 Å². The van der Waals surface area contributed by atoms with E-state index < -0.39 is 16.1 Å². The van der Waals surface area contributed by atoms with Gasteiger partial charge in [0.1, 0.15) is 6.04 Å². The molecule has 0 aliphatic heterocycles. The van der Waals surface area contributed by atoms with Gasteiger partial charge in [-0.1, -0.05) is 47.5 Å². The zero-order valence-corrected chi connectivity index (χ0v) is 16.9. The average molecular weight is 395 g/mol. The summed E-state index contributed by atoms with van der Waals surface area (Å²) < 4.78 is 25.8. The third-order valence-corrected chi connectivity index (χ3v) is 5.51. The Kier molecular flexibility index (Phi) is 6.31. The number of halogens is 1. The Labute approximate surface area is 160 Å². The summed E-state index contributed by atoms with van der Waals surface area (Å²) in [5, 5.41) is 3.21. The van der Waals surface area contributed by atoms with Gasteiger partial charge >= 0.3 is 0 Å².